The van der Waals surface area contributed by atoms with Gasteiger partial charge in [-0.25, -0.2) is 0 Å². The first-order valence-electron chi connectivity index (χ1n) is 8.74. The topological polar surface area (TPSA) is 55.1 Å². The average molecular weight is 280 g/mol. The van der Waals surface area contributed by atoms with E-state index in [1.807, 2.05) is 0 Å². The van der Waals surface area contributed by atoms with Crippen molar-refractivity contribution in [1.29, 1.82) is 0 Å². The summed E-state index contributed by atoms with van der Waals surface area (Å²) in [5.41, 5.74) is 6.16. The van der Waals surface area contributed by atoms with Crippen molar-refractivity contribution in [3.8, 4) is 0 Å². The van der Waals surface area contributed by atoms with Gasteiger partial charge in [0.15, 0.2) is 0 Å². The first kappa shape index (κ1) is 15.8. The minimum atomic E-state index is 0.0597. The van der Waals surface area contributed by atoms with Crippen LogP contribution < -0.4 is 11.1 Å². The lowest BCUT2D eigenvalue weighted by molar-refractivity contribution is -0.126. The average Bonchev–Trinajstić information content (AvgIpc) is 2.70. The Balaban J connectivity index is 1.71. The molecule has 0 radical (unpaired) electrons. The van der Waals surface area contributed by atoms with Crippen molar-refractivity contribution in [3.05, 3.63) is 0 Å². The summed E-state index contributed by atoms with van der Waals surface area (Å²) in [4.78, 5) is 12.3. The second-order valence-electron chi connectivity index (χ2n) is 6.95. The molecule has 0 saturated heterocycles. The molecule has 2 saturated carbocycles. The summed E-state index contributed by atoms with van der Waals surface area (Å²) in [6, 6.07) is 0.0772. The molecule has 2 fully saturated rings. The van der Waals surface area contributed by atoms with E-state index in [-0.39, 0.29) is 17.9 Å². The van der Waals surface area contributed by atoms with Gasteiger partial charge in [0, 0.05) is 12.6 Å². The predicted molar refractivity (Wildman–Crippen MR) is 83.3 cm³/mol. The molecule has 2 aliphatic carbocycles. The predicted octanol–water partition coefficient (Wildman–Crippen LogP) is 3.23. The van der Waals surface area contributed by atoms with Crippen LogP contribution in [0.25, 0.3) is 0 Å². The van der Waals surface area contributed by atoms with E-state index in [0.29, 0.717) is 5.92 Å². The molecule has 3 heteroatoms. The minimum absolute atomic E-state index is 0.0597. The van der Waals surface area contributed by atoms with Crippen LogP contribution in [-0.2, 0) is 4.79 Å². The number of amides is 1. The Morgan fingerprint density at radius 3 is 2.35 bits per heavy atom. The lowest BCUT2D eigenvalue weighted by Gasteiger charge is -2.29. The lowest BCUT2D eigenvalue weighted by Crippen LogP contribution is -2.43. The van der Waals surface area contributed by atoms with Crippen LogP contribution in [0.5, 0.6) is 0 Å². The zero-order valence-corrected chi connectivity index (χ0v) is 13.1. The highest BCUT2D eigenvalue weighted by atomic mass is 16.1. The molecule has 20 heavy (non-hydrogen) atoms. The first-order valence-corrected chi connectivity index (χ1v) is 8.74. The number of hydrogen-bond acceptors (Lipinski definition) is 2. The highest BCUT2D eigenvalue weighted by molar-refractivity contribution is 5.79. The Morgan fingerprint density at radius 1 is 1.00 bits per heavy atom. The largest absolute Gasteiger partial charge is 0.356 e. The molecule has 0 aromatic rings. The quantitative estimate of drug-likeness (QED) is 0.777. The van der Waals surface area contributed by atoms with Gasteiger partial charge in [0.25, 0.3) is 0 Å². The van der Waals surface area contributed by atoms with Gasteiger partial charge in [-0.3, -0.25) is 4.79 Å². The summed E-state index contributed by atoms with van der Waals surface area (Å²) >= 11 is 0. The van der Waals surface area contributed by atoms with Gasteiger partial charge in [0.2, 0.25) is 5.91 Å². The zero-order chi connectivity index (χ0) is 14.4. The fourth-order valence-corrected chi connectivity index (χ4v) is 3.88. The van der Waals surface area contributed by atoms with Crippen LogP contribution in [-0.4, -0.2) is 18.5 Å². The number of hydrogen-bond donors (Lipinski definition) is 2. The Hall–Kier alpha value is -0.570. The fourth-order valence-electron chi connectivity index (χ4n) is 3.88. The van der Waals surface area contributed by atoms with Crippen LogP contribution in [0.15, 0.2) is 0 Å². The molecule has 0 aromatic heterocycles. The fraction of sp³-hybridized carbons (Fsp3) is 0.941. The molecule has 1 amide bonds. The highest BCUT2D eigenvalue weighted by Crippen LogP contribution is 2.30. The molecule has 2 rings (SSSR count). The third-order valence-corrected chi connectivity index (χ3v) is 5.51. The Kier molecular flexibility index (Phi) is 6.34. The summed E-state index contributed by atoms with van der Waals surface area (Å²) in [5.74, 6) is 1.91. The molecule has 116 valence electrons. The van der Waals surface area contributed by atoms with Gasteiger partial charge >= 0.3 is 0 Å². The maximum Gasteiger partial charge on any atom is 0.224 e. The van der Waals surface area contributed by atoms with Crippen molar-refractivity contribution in [1.82, 2.24) is 5.32 Å². The minimum Gasteiger partial charge on any atom is -0.356 e. The maximum atomic E-state index is 12.3. The van der Waals surface area contributed by atoms with Gasteiger partial charge in [0.1, 0.15) is 0 Å². The van der Waals surface area contributed by atoms with Crippen LogP contribution >= 0.6 is 0 Å². The van der Waals surface area contributed by atoms with Crippen LogP contribution in [0.1, 0.15) is 71.1 Å². The summed E-state index contributed by atoms with van der Waals surface area (Å²) in [6.07, 6.45) is 12.2. The maximum absolute atomic E-state index is 12.3. The SMILES string of the molecule is CCC1CCC(CNC(=O)C2CCCCCC2N)CC1. The van der Waals surface area contributed by atoms with Gasteiger partial charge in [-0.1, -0.05) is 45.4 Å². The van der Waals surface area contributed by atoms with E-state index >= 15 is 0 Å². The summed E-state index contributed by atoms with van der Waals surface area (Å²) in [7, 11) is 0. The van der Waals surface area contributed by atoms with Crippen molar-refractivity contribution in [2.75, 3.05) is 6.54 Å². The van der Waals surface area contributed by atoms with Crippen molar-refractivity contribution >= 4 is 5.91 Å². The molecule has 2 aliphatic rings. The van der Waals surface area contributed by atoms with Crippen molar-refractivity contribution in [2.45, 2.75) is 77.2 Å². The molecular weight excluding hydrogens is 248 g/mol. The third kappa shape index (κ3) is 4.47. The van der Waals surface area contributed by atoms with E-state index in [1.165, 1.54) is 44.9 Å². The summed E-state index contributed by atoms with van der Waals surface area (Å²) in [6.45, 7) is 3.17. The number of nitrogens with two attached hydrogens (primary N) is 1. The monoisotopic (exact) mass is 280 g/mol. The van der Waals surface area contributed by atoms with Crippen LogP contribution in [0.2, 0.25) is 0 Å². The second-order valence-corrected chi connectivity index (χ2v) is 6.95. The Morgan fingerprint density at radius 2 is 1.65 bits per heavy atom. The number of carbonyl (C=O) groups is 1. The van der Waals surface area contributed by atoms with E-state index in [1.54, 1.807) is 0 Å². The van der Waals surface area contributed by atoms with Crippen molar-refractivity contribution < 1.29 is 4.79 Å². The Bertz CT molecular complexity index is 297. The molecule has 3 nitrogen and oxygen atoms in total. The zero-order valence-electron chi connectivity index (χ0n) is 13.1. The smallest absolute Gasteiger partial charge is 0.224 e. The molecule has 0 heterocycles. The molecule has 0 aliphatic heterocycles. The number of carbonyl (C=O) groups excluding carboxylic acids is 1. The molecule has 2 unspecified atom stereocenters. The van der Waals surface area contributed by atoms with Crippen molar-refractivity contribution in [2.24, 2.45) is 23.5 Å². The van der Waals surface area contributed by atoms with Crippen LogP contribution in [0, 0.1) is 17.8 Å². The van der Waals surface area contributed by atoms with E-state index in [4.69, 9.17) is 5.73 Å². The van der Waals surface area contributed by atoms with Gasteiger partial charge in [-0.2, -0.15) is 0 Å². The van der Waals surface area contributed by atoms with Gasteiger partial charge in [-0.15, -0.1) is 0 Å². The van der Waals surface area contributed by atoms with E-state index in [9.17, 15) is 4.79 Å². The van der Waals surface area contributed by atoms with Crippen LogP contribution in [0.4, 0.5) is 0 Å². The van der Waals surface area contributed by atoms with Gasteiger partial charge in [0.05, 0.1) is 5.92 Å². The molecular formula is C17H32N2O. The molecule has 2 atom stereocenters. The number of rotatable bonds is 4. The second kappa shape index (κ2) is 8.02. The van der Waals surface area contributed by atoms with Crippen molar-refractivity contribution in [3.63, 3.8) is 0 Å². The first-order chi connectivity index (χ1) is 9.70. The molecule has 0 spiro atoms. The Labute approximate surface area is 124 Å². The molecule has 3 N–H and O–H groups in total. The van der Waals surface area contributed by atoms with E-state index < -0.39 is 0 Å². The molecule has 0 aromatic carbocycles. The van der Waals surface area contributed by atoms with E-state index in [0.717, 1.165) is 31.7 Å². The highest BCUT2D eigenvalue weighted by Gasteiger charge is 2.28. The van der Waals surface area contributed by atoms with Crippen LogP contribution in [0.3, 0.4) is 0 Å². The number of nitrogens with one attached hydrogen (secondary N) is 1. The van der Waals surface area contributed by atoms with Gasteiger partial charge in [-0.05, 0) is 37.5 Å². The summed E-state index contributed by atoms with van der Waals surface area (Å²) in [5, 5.41) is 3.19. The van der Waals surface area contributed by atoms with E-state index in [2.05, 4.69) is 12.2 Å². The van der Waals surface area contributed by atoms with Gasteiger partial charge < -0.3 is 11.1 Å². The normalized spacial score (nSPS) is 35.3. The summed E-state index contributed by atoms with van der Waals surface area (Å²) < 4.78 is 0. The molecule has 0 bridgehead atoms. The lowest BCUT2D eigenvalue weighted by atomic mass is 9.81. The third-order valence-electron chi connectivity index (χ3n) is 5.51. The standard InChI is InChI=1S/C17H32N2O/c1-2-13-8-10-14(11-9-13)12-19-17(20)15-6-4-3-5-7-16(15)18/h13-16H,2-12,18H2,1H3,(H,19,20).